The molecule has 0 spiro atoms. The van der Waals surface area contributed by atoms with Crippen molar-refractivity contribution in [2.24, 2.45) is 0 Å². The Balaban J connectivity index is 1.61. The number of hydrogen-bond donors (Lipinski definition) is 1. The van der Waals surface area contributed by atoms with Crippen molar-refractivity contribution < 1.29 is 9.53 Å². The fourth-order valence-electron chi connectivity index (χ4n) is 2.74. The number of rotatable bonds is 7. The monoisotopic (exact) mass is 289 g/mol. The van der Waals surface area contributed by atoms with Crippen LogP contribution in [0.4, 0.5) is 0 Å². The fraction of sp³-hybridized carbons (Fsp3) is 0.611. The molecule has 3 nitrogen and oxygen atoms in total. The summed E-state index contributed by atoms with van der Waals surface area (Å²) in [6.45, 7) is 4.96. The highest BCUT2D eigenvalue weighted by atomic mass is 16.5. The molecule has 1 saturated carbocycles. The molecule has 2 rings (SSSR count). The first kappa shape index (κ1) is 15.9. The van der Waals surface area contributed by atoms with Gasteiger partial charge in [0.05, 0.1) is 6.61 Å². The molecule has 0 heterocycles. The number of nitrogens with one attached hydrogen (secondary N) is 1. The van der Waals surface area contributed by atoms with E-state index in [4.69, 9.17) is 4.74 Å². The highest BCUT2D eigenvalue weighted by Gasteiger charge is 2.16. The highest BCUT2D eigenvalue weighted by molar-refractivity contribution is 5.76. The van der Waals surface area contributed by atoms with Gasteiger partial charge in [-0.15, -0.1) is 0 Å². The van der Waals surface area contributed by atoms with Crippen molar-refractivity contribution in [2.45, 2.75) is 64.3 Å². The molecule has 1 aliphatic rings. The van der Waals surface area contributed by atoms with E-state index in [0.29, 0.717) is 25.0 Å². The van der Waals surface area contributed by atoms with Crippen LogP contribution in [0.3, 0.4) is 0 Å². The lowest BCUT2D eigenvalue weighted by Crippen LogP contribution is -2.32. The molecule has 0 saturated heterocycles. The average molecular weight is 289 g/mol. The summed E-state index contributed by atoms with van der Waals surface area (Å²) in [6, 6.07) is 8.64. The van der Waals surface area contributed by atoms with Crippen molar-refractivity contribution in [3.05, 3.63) is 29.8 Å². The Morgan fingerprint density at radius 1 is 1.24 bits per heavy atom. The van der Waals surface area contributed by atoms with E-state index in [2.05, 4.69) is 31.3 Å². The van der Waals surface area contributed by atoms with E-state index in [1.807, 2.05) is 12.1 Å². The van der Waals surface area contributed by atoms with Crippen molar-refractivity contribution in [2.75, 3.05) is 6.61 Å². The van der Waals surface area contributed by atoms with Gasteiger partial charge in [-0.2, -0.15) is 0 Å². The molecule has 0 bridgehead atoms. The van der Waals surface area contributed by atoms with Crippen LogP contribution in [0.2, 0.25) is 0 Å². The van der Waals surface area contributed by atoms with Gasteiger partial charge in [-0.3, -0.25) is 4.79 Å². The minimum Gasteiger partial charge on any atom is -0.494 e. The van der Waals surface area contributed by atoms with Crippen molar-refractivity contribution in [3.63, 3.8) is 0 Å². The van der Waals surface area contributed by atoms with Crippen LogP contribution in [0.5, 0.6) is 5.75 Å². The standard InChI is InChI=1S/C18H27NO2/c1-14(2)15-9-11-17(12-10-15)21-13-5-8-18(20)19-16-6-3-4-7-16/h9-12,14,16H,3-8,13H2,1-2H3,(H,19,20). The van der Waals surface area contributed by atoms with E-state index in [1.54, 1.807) is 0 Å². The third-order valence-electron chi connectivity index (χ3n) is 4.08. The van der Waals surface area contributed by atoms with Crippen molar-refractivity contribution in [3.8, 4) is 5.75 Å². The Kier molecular flexibility index (Phi) is 6.09. The molecular formula is C18H27NO2. The Bertz CT molecular complexity index is 433. The number of carbonyl (C=O) groups is 1. The van der Waals surface area contributed by atoms with Crippen molar-refractivity contribution in [1.29, 1.82) is 0 Å². The lowest BCUT2D eigenvalue weighted by Gasteiger charge is -2.12. The first-order valence-electron chi connectivity index (χ1n) is 8.17. The van der Waals surface area contributed by atoms with Crippen LogP contribution in [0.15, 0.2) is 24.3 Å². The van der Waals surface area contributed by atoms with Gasteiger partial charge in [0.25, 0.3) is 0 Å². The van der Waals surface area contributed by atoms with Gasteiger partial charge in [0, 0.05) is 12.5 Å². The van der Waals surface area contributed by atoms with Gasteiger partial charge < -0.3 is 10.1 Å². The molecule has 0 unspecified atom stereocenters. The highest BCUT2D eigenvalue weighted by Crippen LogP contribution is 2.19. The Hall–Kier alpha value is -1.51. The van der Waals surface area contributed by atoms with Gasteiger partial charge in [0.1, 0.15) is 5.75 Å². The quantitative estimate of drug-likeness (QED) is 0.770. The summed E-state index contributed by atoms with van der Waals surface area (Å²) in [5.41, 5.74) is 1.32. The number of hydrogen-bond acceptors (Lipinski definition) is 2. The normalized spacial score (nSPS) is 15.4. The van der Waals surface area contributed by atoms with Gasteiger partial charge in [-0.25, -0.2) is 0 Å². The Morgan fingerprint density at radius 3 is 2.52 bits per heavy atom. The number of benzene rings is 1. The maximum absolute atomic E-state index is 11.8. The van der Waals surface area contributed by atoms with Crippen LogP contribution in [0.1, 0.15) is 63.9 Å². The van der Waals surface area contributed by atoms with E-state index in [-0.39, 0.29) is 5.91 Å². The smallest absolute Gasteiger partial charge is 0.220 e. The van der Waals surface area contributed by atoms with Gasteiger partial charge in [0.15, 0.2) is 0 Å². The zero-order chi connectivity index (χ0) is 15.1. The summed E-state index contributed by atoms with van der Waals surface area (Å²) in [4.78, 5) is 11.8. The van der Waals surface area contributed by atoms with E-state index >= 15 is 0 Å². The zero-order valence-corrected chi connectivity index (χ0v) is 13.2. The van der Waals surface area contributed by atoms with Crippen LogP contribution in [0, 0.1) is 0 Å². The van der Waals surface area contributed by atoms with Crippen LogP contribution in [0.25, 0.3) is 0 Å². The summed E-state index contributed by atoms with van der Waals surface area (Å²) in [5, 5.41) is 3.10. The summed E-state index contributed by atoms with van der Waals surface area (Å²) >= 11 is 0. The predicted octanol–water partition coefficient (Wildman–Crippen LogP) is 4.03. The SMILES string of the molecule is CC(C)c1ccc(OCCCC(=O)NC2CCCC2)cc1. The lowest BCUT2D eigenvalue weighted by atomic mass is 10.0. The van der Waals surface area contributed by atoms with Crippen LogP contribution >= 0.6 is 0 Å². The molecule has 0 radical (unpaired) electrons. The number of carbonyl (C=O) groups excluding carboxylic acids is 1. The van der Waals surface area contributed by atoms with E-state index in [9.17, 15) is 4.79 Å². The third-order valence-corrected chi connectivity index (χ3v) is 4.08. The van der Waals surface area contributed by atoms with E-state index < -0.39 is 0 Å². The van der Waals surface area contributed by atoms with Gasteiger partial charge in [0.2, 0.25) is 5.91 Å². The molecule has 21 heavy (non-hydrogen) atoms. The molecule has 0 aromatic heterocycles. The molecule has 3 heteroatoms. The molecule has 1 fully saturated rings. The first-order valence-corrected chi connectivity index (χ1v) is 8.17. The molecule has 1 aromatic carbocycles. The second-order valence-corrected chi connectivity index (χ2v) is 6.22. The van der Waals surface area contributed by atoms with Crippen molar-refractivity contribution >= 4 is 5.91 Å². The predicted molar refractivity (Wildman–Crippen MR) is 85.7 cm³/mol. The summed E-state index contributed by atoms with van der Waals surface area (Å²) in [6.07, 6.45) is 6.11. The average Bonchev–Trinajstić information content (AvgIpc) is 2.97. The summed E-state index contributed by atoms with van der Waals surface area (Å²) < 4.78 is 5.68. The number of ether oxygens (including phenoxy) is 1. The molecule has 1 N–H and O–H groups in total. The molecule has 1 aliphatic carbocycles. The summed E-state index contributed by atoms with van der Waals surface area (Å²) in [7, 11) is 0. The topological polar surface area (TPSA) is 38.3 Å². The molecule has 116 valence electrons. The zero-order valence-electron chi connectivity index (χ0n) is 13.2. The van der Waals surface area contributed by atoms with E-state index in [0.717, 1.165) is 25.0 Å². The van der Waals surface area contributed by atoms with Crippen LogP contribution < -0.4 is 10.1 Å². The molecule has 1 aromatic rings. The second-order valence-electron chi connectivity index (χ2n) is 6.22. The van der Waals surface area contributed by atoms with Crippen molar-refractivity contribution in [1.82, 2.24) is 5.32 Å². The largest absolute Gasteiger partial charge is 0.494 e. The van der Waals surface area contributed by atoms with Crippen LogP contribution in [-0.4, -0.2) is 18.6 Å². The second kappa shape index (κ2) is 8.06. The van der Waals surface area contributed by atoms with Gasteiger partial charge in [-0.1, -0.05) is 38.8 Å². The minimum atomic E-state index is 0.167. The van der Waals surface area contributed by atoms with Gasteiger partial charge >= 0.3 is 0 Å². The molecule has 1 amide bonds. The first-order chi connectivity index (χ1) is 10.1. The summed E-state index contributed by atoms with van der Waals surface area (Å²) in [5.74, 6) is 1.59. The Labute approximate surface area is 128 Å². The minimum absolute atomic E-state index is 0.167. The maximum Gasteiger partial charge on any atom is 0.220 e. The lowest BCUT2D eigenvalue weighted by molar-refractivity contribution is -0.122. The van der Waals surface area contributed by atoms with Gasteiger partial charge in [-0.05, 0) is 42.9 Å². The molecule has 0 atom stereocenters. The number of amides is 1. The van der Waals surface area contributed by atoms with E-state index in [1.165, 1.54) is 18.4 Å². The fourth-order valence-corrected chi connectivity index (χ4v) is 2.74. The molecular weight excluding hydrogens is 262 g/mol. The maximum atomic E-state index is 11.8. The third kappa shape index (κ3) is 5.41. The molecule has 0 aliphatic heterocycles. The Morgan fingerprint density at radius 2 is 1.90 bits per heavy atom. The van der Waals surface area contributed by atoms with Crippen LogP contribution in [-0.2, 0) is 4.79 Å².